The number of para-hydroxylation sites is 1. The molecule has 450 valence electrons. The molecule has 6 aliphatic rings. The number of anilines is 1. The average molecular weight is 1140 g/mol. The van der Waals surface area contributed by atoms with E-state index in [1.54, 1.807) is 7.11 Å². The number of rotatable bonds is 23. The van der Waals surface area contributed by atoms with Gasteiger partial charge in [-0.2, -0.15) is 0 Å². The number of aromatic nitrogens is 1. The Morgan fingerprint density at radius 2 is 1.72 bits per heavy atom. The fraction of sp³-hybridized carbons (Fsp3) is 0.656. The Labute approximate surface area is 480 Å². The topological polar surface area (TPSA) is 271 Å². The first-order valence-corrected chi connectivity index (χ1v) is 29.4. The van der Waals surface area contributed by atoms with Gasteiger partial charge in [0.15, 0.2) is 11.9 Å². The second kappa shape index (κ2) is 24.5. The number of methoxy groups -OCH3 is 3. The molecule has 21 nitrogen and oxygen atoms in total. The highest BCUT2D eigenvalue weighted by molar-refractivity contribution is 5.95. The Kier molecular flexibility index (Phi) is 18.2. The van der Waals surface area contributed by atoms with Crippen molar-refractivity contribution in [1.82, 2.24) is 25.4 Å². The summed E-state index contributed by atoms with van der Waals surface area (Å²) in [6.45, 7) is 9.80. The lowest BCUT2D eigenvalue weighted by Crippen LogP contribution is -2.81. The van der Waals surface area contributed by atoms with Gasteiger partial charge in [0.1, 0.15) is 29.9 Å². The number of carbonyl (C=O) groups is 5. The third-order valence-electron chi connectivity index (χ3n) is 19.2. The van der Waals surface area contributed by atoms with Crippen LogP contribution in [0, 0.1) is 11.3 Å². The van der Waals surface area contributed by atoms with Crippen molar-refractivity contribution in [1.29, 1.82) is 0 Å². The number of aliphatic hydroxyl groups is 4. The summed E-state index contributed by atoms with van der Waals surface area (Å²) in [4.78, 5) is 79.2. The van der Waals surface area contributed by atoms with Crippen LogP contribution in [0.3, 0.4) is 0 Å². The Bertz CT molecular complexity index is 2880. The zero-order chi connectivity index (χ0) is 58.9. The van der Waals surface area contributed by atoms with Gasteiger partial charge >= 0.3 is 17.9 Å². The molecule has 0 radical (unpaired) electrons. The van der Waals surface area contributed by atoms with E-state index in [9.17, 15) is 34.8 Å². The SMILES string of the molecule is CCC(CO)OC(COC(=O)CCCC(=O)N[C@H](C)C(=O)OCCCNC(=O)[C@]1(O)C2N(C)c3cc(OC)c(C4(C(=O)OC)CC5CN(CCc6c4[nH]c4ccccc64)CC(O)(CC)C5)cc3C23CCN2CC=CC(CC)(C23)[C@H]1O)OC. The zero-order valence-corrected chi connectivity index (χ0v) is 48.9. The standard InChI is InChI=1S/C61H86N6O15/c1-9-39(34-68)82-49(78-7)35-81-48(70)20-14-19-47(69)63-37(4)51(71)80-28-16-24-62-55(73)61(76)53-59(23-27-67-25-15-22-58(11-3,52(59)67)54(61)72)42-29-43(46(77-6)30-45(42)65(53)5)60(56(74)79-8)32-38-31-57(75,10-2)36-66(33-38)26-21-41-40-17-12-13-18-44(40)64-50(41)60/h12-13,15,17-18,22,29-30,37-39,49,52-54,64,68,72,75-76H,9-11,14,16,19-21,23-28,31-36H2,1-8H3,(H,62,73)(H,63,69)/t37-,38?,39?,49?,52?,53?,54-,57?,58?,59?,60?,61+/m1/s1. The van der Waals surface area contributed by atoms with Crippen molar-refractivity contribution < 1.29 is 72.8 Å². The highest BCUT2D eigenvalue weighted by Gasteiger charge is 2.78. The van der Waals surface area contributed by atoms with Gasteiger partial charge < -0.3 is 69.4 Å². The van der Waals surface area contributed by atoms with Gasteiger partial charge in [0, 0.05) is 111 Å². The van der Waals surface area contributed by atoms with Crippen molar-refractivity contribution in [3.8, 4) is 5.75 Å². The third-order valence-corrected chi connectivity index (χ3v) is 19.2. The number of nitrogens with zero attached hydrogens (tertiary/aromatic N) is 3. The zero-order valence-electron chi connectivity index (χ0n) is 48.9. The number of hydrogen-bond acceptors (Lipinski definition) is 18. The molecule has 5 aliphatic heterocycles. The number of likely N-dealkylation sites (N-methyl/N-ethyl adjacent to an activating group) is 1. The van der Waals surface area contributed by atoms with Crippen LogP contribution in [-0.2, 0) is 64.9 Å². The predicted molar refractivity (Wildman–Crippen MR) is 303 cm³/mol. The number of esters is 3. The third kappa shape index (κ3) is 10.5. The summed E-state index contributed by atoms with van der Waals surface area (Å²) in [7, 11) is 6.22. The van der Waals surface area contributed by atoms with E-state index in [0.29, 0.717) is 93.9 Å². The number of nitrogens with one attached hydrogen (secondary N) is 3. The van der Waals surface area contributed by atoms with E-state index >= 15 is 9.59 Å². The lowest BCUT2D eigenvalue weighted by molar-refractivity contribution is -0.203. The summed E-state index contributed by atoms with van der Waals surface area (Å²) < 4.78 is 33.9. The lowest BCUT2D eigenvalue weighted by atomic mass is 9.47. The molecule has 3 fully saturated rings. The van der Waals surface area contributed by atoms with E-state index in [4.69, 9.17) is 28.4 Å². The number of H-pyrrole nitrogens is 1. The minimum absolute atomic E-state index is 0.0328. The Morgan fingerprint density at radius 1 is 0.939 bits per heavy atom. The smallest absolute Gasteiger partial charge is 0.328 e. The van der Waals surface area contributed by atoms with E-state index in [1.165, 1.54) is 21.1 Å². The van der Waals surface area contributed by atoms with Crippen molar-refractivity contribution in [3.05, 3.63) is 70.9 Å². The molecular weight excluding hydrogens is 1060 g/mol. The van der Waals surface area contributed by atoms with Crippen LogP contribution in [0.4, 0.5) is 5.69 Å². The first kappa shape index (κ1) is 60.9. The second-order valence-electron chi connectivity index (χ2n) is 23.7. The number of amides is 2. The highest BCUT2D eigenvalue weighted by Crippen LogP contribution is 2.67. The van der Waals surface area contributed by atoms with Crippen LogP contribution in [0.25, 0.3) is 10.9 Å². The van der Waals surface area contributed by atoms with Crippen LogP contribution in [0.15, 0.2) is 48.6 Å². The van der Waals surface area contributed by atoms with E-state index in [1.807, 2.05) is 69.1 Å². The molecule has 7 N–H and O–H groups in total. The maximum atomic E-state index is 15.5. The summed E-state index contributed by atoms with van der Waals surface area (Å²) in [5, 5.41) is 54.6. The van der Waals surface area contributed by atoms with Crippen molar-refractivity contribution in [2.75, 3.05) is 92.4 Å². The van der Waals surface area contributed by atoms with Gasteiger partial charge in [0.2, 0.25) is 5.91 Å². The van der Waals surface area contributed by atoms with E-state index in [0.717, 1.165) is 22.0 Å². The van der Waals surface area contributed by atoms with Crippen molar-refractivity contribution >= 4 is 46.3 Å². The number of fused-ring (bicyclic) bond motifs is 6. The van der Waals surface area contributed by atoms with Gasteiger partial charge in [0.25, 0.3) is 5.91 Å². The van der Waals surface area contributed by atoms with Crippen LogP contribution in [0.2, 0.25) is 0 Å². The molecule has 2 saturated heterocycles. The summed E-state index contributed by atoms with van der Waals surface area (Å²) in [6.07, 6.45) is 4.61. The molecular formula is C61H86N6O15. The molecule has 6 heterocycles. The molecule has 1 aliphatic carbocycles. The van der Waals surface area contributed by atoms with Gasteiger partial charge in [-0.25, -0.2) is 4.79 Å². The van der Waals surface area contributed by atoms with E-state index < -0.39 is 87.8 Å². The number of carbonyl (C=O) groups excluding carboxylic acids is 5. The quantitative estimate of drug-likeness (QED) is 0.0236. The molecule has 3 aromatic rings. The average Bonchev–Trinajstić information content (AvgIpc) is 3.18. The second-order valence-corrected chi connectivity index (χ2v) is 23.7. The van der Waals surface area contributed by atoms with Crippen molar-refractivity contribution in [2.24, 2.45) is 11.3 Å². The van der Waals surface area contributed by atoms with Gasteiger partial charge in [-0.1, -0.05) is 51.1 Å². The fourth-order valence-corrected chi connectivity index (χ4v) is 15.4. The number of piperidine rings is 1. The van der Waals surface area contributed by atoms with Crippen LogP contribution >= 0.6 is 0 Å². The molecule has 2 amide bonds. The first-order valence-electron chi connectivity index (χ1n) is 29.4. The molecule has 13 atom stereocenters. The number of ether oxygens (including phenoxy) is 6. The fourth-order valence-electron chi connectivity index (χ4n) is 15.4. The van der Waals surface area contributed by atoms with Crippen LogP contribution in [0.1, 0.15) is 114 Å². The summed E-state index contributed by atoms with van der Waals surface area (Å²) in [5.41, 5.74) is -2.33. The molecule has 1 spiro atoms. The Hall–Kier alpha value is -5.65. The predicted octanol–water partition coefficient (Wildman–Crippen LogP) is 3.27. The molecule has 1 aromatic heterocycles. The van der Waals surface area contributed by atoms with Gasteiger partial charge in [-0.15, -0.1) is 0 Å². The largest absolute Gasteiger partial charge is 0.496 e. The van der Waals surface area contributed by atoms with Gasteiger partial charge in [0.05, 0.1) is 45.2 Å². The summed E-state index contributed by atoms with van der Waals surface area (Å²) in [5.74, 6) is -2.75. The number of benzene rings is 2. The number of hydrogen-bond donors (Lipinski definition) is 7. The summed E-state index contributed by atoms with van der Waals surface area (Å²) in [6, 6.07) is 9.63. The van der Waals surface area contributed by atoms with Gasteiger partial charge in [-0.05, 0) is 100 Å². The molecule has 1 saturated carbocycles. The highest BCUT2D eigenvalue weighted by atomic mass is 16.7. The molecule has 21 heteroatoms. The maximum Gasteiger partial charge on any atom is 0.328 e. The van der Waals surface area contributed by atoms with Crippen LogP contribution in [-0.4, -0.2) is 200 Å². The molecule has 2 aromatic carbocycles. The van der Waals surface area contributed by atoms with Crippen LogP contribution < -0.4 is 20.3 Å². The monoisotopic (exact) mass is 1140 g/mol. The minimum atomic E-state index is -2.42. The summed E-state index contributed by atoms with van der Waals surface area (Å²) >= 11 is 0. The minimum Gasteiger partial charge on any atom is -0.496 e. The Morgan fingerprint density at radius 3 is 2.43 bits per heavy atom. The number of aromatic amines is 1. The Balaban J connectivity index is 0.962. The van der Waals surface area contributed by atoms with E-state index in [-0.39, 0.29) is 70.4 Å². The molecule has 9 rings (SSSR count). The van der Waals surface area contributed by atoms with Crippen molar-refractivity contribution in [3.63, 3.8) is 0 Å². The van der Waals surface area contributed by atoms with Crippen molar-refractivity contribution in [2.45, 2.75) is 157 Å². The van der Waals surface area contributed by atoms with Crippen LogP contribution in [0.5, 0.6) is 5.75 Å². The number of aliphatic hydroxyl groups excluding tert-OH is 2. The first-order chi connectivity index (χ1) is 39.3. The van der Waals surface area contributed by atoms with Gasteiger partial charge in [-0.3, -0.25) is 29.0 Å². The molecule has 10 unspecified atom stereocenters. The molecule has 82 heavy (non-hydrogen) atoms. The maximum absolute atomic E-state index is 15.5. The normalized spacial score (nSPS) is 31.0. The van der Waals surface area contributed by atoms with E-state index in [2.05, 4.69) is 37.6 Å². The molecule has 2 bridgehead atoms. The lowest BCUT2D eigenvalue weighted by Gasteiger charge is -2.63.